The fourth-order valence-electron chi connectivity index (χ4n) is 5.64. The van der Waals surface area contributed by atoms with Gasteiger partial charge in [-0.15, -0.1) is 0 Å². The van der Waals surface area contributed by atoms with Gasteiger partial charge in [0.15, 0.2) is 0 Å². The van der Waals surface area contributed by atoms with Gasteiger partial charge < -0.3 is 30.0 Å². The number of aliphatic hydroxyl groups is 2. The summed E-state index contributed by atoms with van der Waals surface area (Å²) in [6.07, 6.45) is 44.1. The van der Waals surface area contributed by atoms with E-state index in [2.05, 4.69) is 38.2 Å². The summed E-state index contributed by atoms with van der Waals surface area (Å²) < 4.78 is 0. The molecule has 6 nitrogen and oxygen atoms in total. The van der Waals surface area contributed by atoms with Gasteiger partial charge in [0, 0.05) is 0 Å². The molecule has 2 N–H and O–H groups in total. The molecule has 0 spiro atoms. The second-order valence-electron chi connectivity index (χ2n) is 14.5. The van der Waals surface area contributed by atoms with Crippen molar-refractivity contribution in [1.29, 1.82) is 0 Å². The van der Waals surface area contributed by atoms with Crippen molar-refractivity contribution in [2.45, 2.75) is 232 Å². The van der Waals surface area contributed by atoms with Gasteiger partial charge in [-0.25, -0.2) is 0 Å². The van der Waals surface area contributed by atoms with Crippen LogP contribution >= 0.6 is 0 Å². The van der Waals surface area contributed by atoms with Gasteiger partial charge in [0.1, 0.15) is 11.2 Å². The van der Waals surface area contributed by atoms with Crippen LogP contribution in [0.2, 0.25) is 0 Å². The van der Waals surface area contributed by atoms with Crippen molar-refractivity contribution in [3.8, 4) is 0 Å². The first-order chi connectivity index (χ1) is 23.0. The Morgan fingerprint density at radius 1 is 0.429 bits per heavy atom. The van der Waals surface area contributed by atoms with Crippen LogP contribution in [-0.4, -0.2) is 71.1 Å². The zero-order chi connectivity index (χ0) is 36.2. The van der Waals surface area contributed by atoms with Crippen molar-refractivity contribution in [3.05, 3.63) is 24.3 Å². The largest absolute Gasteiger partial charge is 2.00 e. The third-order valence-corrected chi connectivity index (χ3v) is 9.23. The molecule has 2 atom stereocenters. The van der Waals surface area contributed by atoms with Crippen molar-refractivity contribution in [2.75, 3.05) is 0 Å². The minimum atomic E-state index is -1.67. The van der Waals surface area contributed by atoms with Gasteiger partial charge in [-0.05, 0) is 78.1 Å². The topological polar surface area (TPSA) is 121 Å². The molecule has 0 aromatic heterocycles. The summed E-state index contributed by atoms with van der Waals surface area (Å²) in [5.74, 6) is -2.73. The Bertz CT molecular complexity index is 713. The Balaban J connectivity index is -0.000000846. The molecule has 2 unspecified atom stereocenters. The third-order valence-electron chi connectivity index (χ3n) is 9.23. The minimum Gasteiger partial charge on any atom is -0.547 e. The van der Waals surface area contributed by atoms with Gasteiger partial charge in [0.05, 0.1) is 11.9 Å². The SMILES string of the molecule is CCCCCCCC/C=C/CCCCCCCCC(C)(O)C(=O)[O-].CCCCCCCC/C=C/CCCCCCCCC(C)(O)C(=O)[O-].[Ca+2]. The number of aliphatic carboxylic acids is 2. The fraction of sp³-hybridized carbons (Fsp3) is 0.857. The van der Waals surface area contributed by atoms with Gasteiger partial charge in [-0.3, -0.25) is 0 Å². The van der Waals surface area contributed by atoms with E-state index in [-0.39, 0.29) is 50.6 Å². The summed E-state index contributed by atoms with van der Waals surface area (Å²) in [5.41, 5.74) is -3.33. The van der Waals surface area contributed by atoms with Crippen molar-refractivity contribution in [2.24, 2.45) is 0 Å². The Labute approximate surface area is 333 Å². The smallest absolute Gasteiger partial charge is 0.547 e. The predicted octanol–water partition coefficient (Wildman–Crippen LogP) is 9.45. The van der Waals surface area contributed by atoms with Gasteiger partial charge in [0.2, 0.25) is 0 Å². The summed E-state index contributed by atoms with van der Waals surface area (Å²) in [6.45, 7) is 7.15. The molecule has 49 heavy (non-hydrogen) atoms. The fourth-order valence-corrected chi connectivity index (χ4v) is 5.64. The van der Waals surface area contributed by atoms with E-state index in [1.807, 2.05) is 0 Å². The number of rotatable bonds is 34. The maximum absolute atomic E-state index is 10.6. The van der Waals surface area contributed by atoms with E-state index in [1.165, 1.54) is 155 Å². The Hall–Kier alpha value is -0.400. The van der Waals surface area contributed by atoms with Gasteiger partial charge in [-0.2, -0.15) is 0 Å². The molecule has 0 aromatic carbocycles. The average Bonchev–Trinajstić information content (AvgIpc) is 3.04. The van der Waals surface area contributed by atoms with Gasteiger partial charge in [0.25, 0.3) is 0 Å². The first-order valence-corrected chi connectivity index (χ1v) is 20.2. The molecule has 7 heteroatoms. The first kappa shape index (κ1) is 53.0. The zero-order valence-corrected chi connectivity index (χ0v) is 35.0. The van der Waals surface area contributed by atoms with Crippen molar-refractivity contribution in [1.82, 2.24) is 0 Å². The molecule has 0 aromatic rings. The molecule has 0 rings (SSSR count). The maximum Gasteiger partial charge on any atom is 2.00 e. The normalized spacial score (nSPS) is 13.8. The number of carbonyl (C=O) groups excluding carboxylic acids is 2. The standard InChI is InChI=1S/2C21H40O3.Ca/c2*1-3-4-5-6-7-8-9-10-11-12-13-14-15-16-17-18-19-21(2,24)20(22)23;/h2*10-11,24H,3-9,12-19H2,1-2H3,(H,22,23);/q;;+2/p-2/b2*11-10+;. The van der Waals surface area contributed by atoms with Crippen molar-refractivity contribution >= 4 is 49.7 Å². The van der Waals surface area contributed by atoms with Gasteiger partial charge >= 0.3 is 37.7 Å². The van der Waals surface area contributed by atoms with Crippen LogP contribution in [0.5, 0.6) is 0 Å². The molecule has 0 amide bonds. The third kappa shape index (κ3) is 40.2. The molecule has 284 valence electrons. The summed E-state index contributed by atoms with van der Waals surface area (Å²) >= 11 is 0. The van der Waals surface area contributed by atoms with Crippen LogP contribution < -0.4 is 10.2 Å². The minimum absolute atomic E-state index is 0. The number of carboxylic acids is 2. The monoisotopic (exact) mass is 719 g/mol. The molecule has 0 radical (unpaired) electrons. The van der Waals surface area contributed by atoms with Crippen molar-refractivity contribution in [3.63, 3.8) is 0 Å². The average molecular weight is 719 g/mol. The molecule has 0 fully saturated rings. The molecule has 0 saturated heterocycles. The number of carbonyl (C=O) groups is 2. The Morgan fingerprint density at radius 3 is 0.857 bits per heavy atom. The molecular weight excluding hydrogens is 641 g/mol. The molecule has 0 saturated carbocycles. The summed E-state index contributed by atoms with van der Waals surface area (Å²) in [7, 11) is 0. The first-order valence-electron chi connectivity index (χ1n) is 20.2. The van der Waals surface area contributed by atoms with E-state index in [0.717, 1.165) is 38.5 Å². The van der Waals surface area contributed by atoms with Crippen LogP contribution in [0.4, 0.5) is 0 Å². The molecule has 0 aliphatic heterocycles. The summed E-state index contributed by atoms with van der Waals surface area (Å²) in [5, 5.41) is 40.4. The predicted molar refractivity (Wildman–Crippen MR) is 205 cm³/mol. The van der Waals surface area contributed by atoms with E-state index in [9.17, 15) is 30.0 Å². The zero-order valence-electron chi connectivity index (χ0n) is 32.8. The molecular formula is C42H78CaO6. The van der Waals surface area contributed by atoms with Crippen LogP contribution in [0.25, 0.3) is 0 Å². The van der Waals surface area contributed by atoms with Crippen LogP contribution in [0.15, 0.2) is 24.3 Å². The quantitative estimate of drug-likeness (QED) is 0.0389. The molecule has 0 aliphatic rings. The Morgan fingerprint density at radius 2 is 0.633 bits per heavy atom. The van der Waals surface area contributed by atoms with Crippen LogP contribution in [0.3, 0.4) is 0 Å². The van der Waals surface area contributed by atoms with E-state index in [4.69, 9.17) is 0 Å². The summed E-state index contributed by atoms with van der Waals surface area (Å²) in [6, 6.07) is 0. The van der Waals surface area contributed by atoms with Crippen LogP contribution in [0.1, 0.15) is 220 Å². The molecule has 0 heterocycles. The van der Waals surface area contributed by atoms with E-state index in [0.29, 0.717) is 0 Å². The number of allylic oxidation sites excluding steroid dienone is 4. The number of carboxylic acid groups (broad SMARTS) is 2. The molecule has 0 aliphatic carbocycles. The second-order valence-corrected chi connectivity index (χ2v) is 14.5. The van der Waals surface area contributed by atoms with Crippen LogP contribution in [0, 0.1) is 0 Å². The number of hydrogen-bond donors (Lipinski definition) is 2. The van der Waals surface area contributed by atoms with E-state index < -0.39 is 23.1 Å². The number of hydrogen-bond acceptors (Lipinski definition) is 6. The second kappa shape index (κ2) is 38.8. The van der Waals surface area contributed by atoms with Crippen molar-refractivity contribution < 1.29 is 30.0 Å². The maximum atomic E-state index is 10.6. The van der Waals surface area contributed by atoms with Crippen LogP contribution in [-0.2, 0) is 9.59 Å². The van der Waals surface area contributed by atoms with E-state index >= 15 is 0 Å². The Kier molecular flexibility index (Phi) is 42.0. The summed E-state index contributed by atoms with van der Waals surface area (Å²) in [4.78, 5) is 21.3. The number of unbranched alkanes of at least 4 members (excludes halogenated alkanes) is 24. The molecule has 0 bridgehead atoms. The van der Waals surface area contributed by atoms with E-state index in [1.54, 1.807) is 0 Å². The van der Waals surface area contributed by atoms with Gasteiger partial charge in [-0.1, -0.05) is 167 Å².